The molecule has 1 fully saturated rings. The van der Waals surface area contributed by atoms with Crippen LogP contribution in [0.15, 0.2) is 30.3 Å². The third kappa shape index (κ3) is 2.60. The SMILES string of the molecule is CC[C@@]1(C)C[C@@](CCN)(c2ccccc2)CCO1. The van der Waals surface area contributed by atoms with Crippen LogP contribution in [0.1, 0.15) is 45.1 Å². The number of nitrogens with two attached hydrogens (primary N) is 1. The van der Waals surface area contributed by atoms with Gasteiger partial charge in [-0.1, -0.05) is 37.3 Å². The fourth-order valence-corrected chi connectivity index (χ4v) is 3.25. The lowest BCUT2D eigenvalue weighted by Gasteiger charge is -2.46. The van der Waals surface area contributed by atoms with E-state index < -0.39 is 0 Å². The number of ether oxygens (including phenoxy) is 1. The van der Waals surface area contributed by atoms with Crippen molar-refractivity contribution in [1.82, 2.24) is 0 Å². The van der Waals surface area contributed by atoms with Gasteiger partial charge in [-0.25, -0.2) is 0 Å². The fraction of sp³-hybridized carbons (Fsp3) is 0.625. The minimum absolute atomic E-state index is 0.00324. The van der Waals surface area contributed by atoms with Crippen molar-refractivity contribution < 1.29 is 4.74 Å². The van der Waals surface area contributed by atoms with Crippen molar-refractivity contribution in [3.63, 3.8) is 0 Å². The molecule has 1 aromatic carbocycles. The molecule has 2 atom stereocenters. The number of hydrogen-bond donors (Lipinski definition) is 1. The van der Waals surface area contributed by atoms with Crippen LogP contribution in [-0.2, 0) is 10.2 Å². The maximum atomic E-state index is 6.00. The van der Waals surface area contributed by atoms with Gasteiger partial charge in [-0.3, -0.25) is 0 Å². The molecular weight excluding hydrogens is 222 g/mol. The van der Waals surface area contributed by atoms with Gasteiger partial charge >= 0.3 is 0 Å². The van der Waals surface area contributed by atoms with Crippen LogP contribution < -0.4 is 5.73 Å². The molecule has 1 aromatic rings. The lowest BCUT2D eigenvalue weighted by atomic mass is 9.66. The standard InChI is InChI=1S/C16H25NO/c1-3-15(2)13-16(9-11-17,10-12-18-15)14-7-5-4-6-8-14/h4-8H,3,9-13,17H2,1-2H3/t15-,16-/m0/s1. The first-order chi connectivity index (χ1) is 8.64. The largest absolute Gasteiger partial charge is 0.375 e. The molecule has 0 saturated carbocycles. The molecule has 0 unspecified atom stereocenters. The van der Waals surface area contributed by atoms with Crippen LogP contribution in [0, 0.1) is 0 Å². The highest BCUT2D eigenvalue weighted by Crippen LogP contribution is 2.44. The van der Waals surface area contributed by atoms with E-state index in [1.807, 2.05) is 0 Å². The van der Waals surface area contributed by atoms with Crippen molar-refractivity contribution in [2.45, 2.75) is 50.5 Å². The van der Waals surface area contributed by atoms with Crippen LogP contribution in [0.3, 0.4) is 0 Å². The van der Waals surface area contributed by atoms with Gasteiger partial charge in [0.05, 0.1) is 5.60 Å². The Morgan fingerprint density at radius 3 is 2.61 bits per heavy atom. The number of hydrogen-bond acceptors (Lipinski definition) is 2. The predicted octanol–water partition coefficient (Wildman–Crippen LogP) is 3.25. The lowest BCUT2D eigenvalue weighted by Crippen LogP contribution is -2.46. The highest BCUT2D eigenvalue weighted by Gasteiger charge is 2.42. The summed E-state index contributed by atoms with van der Waals surface area (Å²) in [4.78, 5) is 0. The van der Waals surface area contributed by atoms with E-state index in [9.17, 15) is 0 Å². The third-order valence-electron chi connectivity index (χ3n) is 4.50. The summed E-state index contributed by atoms with van der Waals surface area (Å²) in [5.41, 5.74) is 7.51. The molecular formula is C16H25NO. The molecule has 2 heteroatoms. The molecule has 0 bridgehead atoms. The molecule has 0 radical (unpaired) electrons. The summed E-state index contributed by atoms with van der Waals surface area (Å²) in [5, 5.41) is 0. The number of benzene rings is 1. The summed E-state index contributed by atoms with van der Waals surface area (Å²) in [6.45, 7) is 6.04. The van der Waals surface area contributed by atoms with E-state index in [2.05, 4.69) is 44.2 Å². The fourth-order valence-electron chi connectivity index (χ4n) is 3.25. The predicted molar refractivity (Wildman–Crippen MR) is 75.7 cm³/mol. The summed E-state index contributed by atoms with van der Waals surface area (Å²) in [6.07, 6.45) is 4.28. The van der Waals surface area contributed by atoms with Gasteiger partial charge < -0.3 is 10.5 Å². The Labute approximate surface area is 111 Å². The van der Waals surface area contributed by atoms with Crippen molar-refractivity contribution in [1.29, 1.82) is 0 Å². The molecule has 1 aliphatic rings. The average Bonchev–Trinajstić information content (AvgIpc) is 2.40. The molecule has 0 amide bonds. The zero-order chi connectivity index (χ0) is 13.1. The Bertz CT molecular complexity index is 374. The Balaban J connectivity index is 2.32. The van der Waals surface area contributed by atoms with E-state index >= 15 is 0 Å². The van der Waals surface area contributed by atoms with E-state index in [0.29, 0.717) is 0 Å². The Morgan fingerprint density at radius 1 is 1.28 bits per heavy atom. The summed E-state index contributed by atoms with van der Waals surface area (Å²) < 4.78 is 6.00. The van der Waals surface area contributed by atoms with E-state index in [0.717, 1.165) is 38.8 Å². The van der Waals surface area contributed by atoms with Crippen molar-refractivity contribution in [2.24, 2.45) is 5.73 Å². The first-order valence-corrected chi connectivity index (χ1v) is 7.04. The molecule has 1 aliphatic heterocycles. The summed E-state index contributed by atoms with van der Waals surface area (Å²) in [7, 11) is 0. The molecule has 0 aromatic heterocycles. The summed E-state index contributed by atoms with van der Waals surface area (Å²) in [5.74, 6) is 0. The maximum absolute atomic E-state index is 6.00. The first kappa shape index (κ1) is 13.6. The number of rotatable bonds is 4. The van der Waals surface area contributed by atoms with Crippen molar-refractivity contribution >= 4 is 0 Å². The van der Waals surface area contributed by atoms with E-state index in [-0.39, 0.29) is 11.0 Å². The normalized spacial score (nSPS) is 32.4. The van der Waals surface area contributed by atoms with Crippen LogP contribution >= 0.6 is 0 Å². The minimum Gasteiger partial charge on any atom is -0.375 e. The molecule has 0 spiro atoms. The van der Waals surface area contributed by atoms with Gasteiger partial charge in [0.15, 0.2) is 0 Å². The quantitative estimate of drug-likeness (QED) is 0.886. The zero-order valence-electron chi connectivity index (χ0n) is 11.6. The van der Waals surface area contributed by atoms with Crippen LogP contribution in [0.5, 0.6) is 0 Å². The zero-order valence-corrected chi connectivity index (χ0v) is 11.6. The third-order valence-corrected chi connectivity index (χ3v) is 4.50. The second kappa shape index (κ2) is 5.41. The second-order valence-corrected chi connectivity index (χ2v) is 5.76. The van der Waals surface area contributed by atoms with Gasteiger partial charge in [0, 0.05) is 12.0 Å². The van der Waals surface area contributed by atoms with Crippen LogP contribution in [0.4, 0.5) is 0 Å². The van der Waals surface area contributed by atoms with Crippen LogP contribution in [-0.4, -0.2) is 18.8 Å². The minimum atomic E-state index is 0.00324. The smallest absolute Gasteiger partial charge is 0.0660 e. The molecule has 100 valence electrons. The van der Waals surface area contributed by atoms with Crippen LogP contribution in [0.25, 0.3) is 0 Å². The van der Waals surface area contributed by atoms with Gasteiger partial charge in [-0.05, 0) is 44.7 Å². The molecule has 2 N–H and O–H groups in total. The van der Waals surface area contributed by atoms with Crippen LogP contribution in [0.2, 0.25) is 0 Å². The highest BCUT2D eigenvalue weighted by molar-refractivity contribution is 5.27. The van der Waals surface area contributed by atoms with Gasteiger partial charge in [0.25, 0.3) is 0 Å². The van der Waals surface area contributed by atoms with Crippen molar-refractivity contribution in [2.75, 3.05) is 13.2 Å². The van der Waals surface area contributed by atoms with E-state index in [1.165, 1.54) is 5.56 Å². The molecule has 1 saturated heterocycles. The molecule has 2 nitrogen and oxygen atoms in total. The van der Waals surface area contributed by atoms with Gasteiger partial charge in [-0.2, -0.15) is 0 Å². The molecule has 2 rings (SSSR count). The average molecular weight is 247 g/mol. The maximum Gasteiger partial charge on any atom is 0.0660 e. The van der Waals surface area contributed by atoms with Gasteiger partial charge in [-0.15, -0.1) is 0 Å². The van der Waals surface area contributed by atoms with Gasteiger partial charge in [0.1, 0.15) is 0 Å². The first-order valence-electron chi connectivity index (χ1n) is 7.04. The lowest BCUT2D eigenvalue weighted by molar-refractivity contribution is -0.0976. The Kier molecular flexibility index (Phi) is 4.08. The van der Waals surface area contributed by atoms with E-state index in [1.54, 1.807) is 0 Å². The van der Waals surface area contributed by atoms with E-state index in [4.69, 9.17) is 10.5 Å². The highest BCUT2D eigenvalue weighted by atomic mass is 16.5. The Hall–Kier alpha value is -0.860. The second-order valence-electron chi connectivity index (χ2n) is 5.76. The van der Waals surface area contributed by atoms with Crippen molar-refractivity contribution in [3.8, 4) is 0 Å². The monoisotopic (exact) mass is 247 g/mol. The summed E-state index contributed by atoms with van der Waals surface area (Å²) >= 11 is 0. The summed E-state index contributed by atoms with van der Waals surface area (Å²) in [6, 6.07) is 10.8. The molecule has 0 aliphatic carbocycles. The topological polar surface area (TPSA) is 35.2 Å². The molecule has 18 heavy (non-hydrogen) atoms. The molecule has 1 heterocycles. The Morgan fingerprint density at radius 2 is 2.00 bits per heavy atom. The van der Waals surface area contributed by atoms with Crippen molar-refractivity contribution in [3.05, 3.63) is 35.9 Å². The van der Waals surface area contributed by atoms with Gasteiger partial charge in [0.2, 0.25) is 0 Å².